The zero-order chi connectivity index (χ0) is 13.5. The number of ketones is 1. The van der Waals surface area contributed by atoms with Crippen LogP contribution in [0, 0.1) is 10.1 Å². The highest BCUT2D eigenvalue weighted by Gasteiger charge is 2.27. The van der Waals surface area contributed by atoms with E-state index in [2.05, 4.69) is 0 Å². The summed E-state index contributed by atoms with van der Waals surface area (Å²) < 4.78 is 5.16. The number of Topliss-reactive ketones (excluding diaryl/α,β-unsaturated/α-hetero) is 1. The van der Waals surface area contributed by atoms with Gasteiger partial charge in [-0.15, -0.1) is 0 Å². The molecule has 0 bridgehead atoms. The lowest BCUT2D eigenvalue weighted by molar-refractivity contribution is -0.481. The maximum atomic E-state index is 12.0. The Morgan fingerprint density at radius 2 is 2.11 bits per heavy atom. The lowest BCUT2D eigenvalue weighted by atomic mass is 9.91. The molecule has 0 radical (unpaired) electrons. The number of ether oxygens (including phenoxy) is 1. The van der Waals surface area contributed by atoms with E-state index in [1.807, 2.05) is 6.92 Å². The zero-order valence-corrected chi connectivity index (χ0v) is 10.6. The van der Waals surface area contributed by atoms with Crippen LogP contribution in [0.25, 0.3) is 0 Å². The molecule has 0 saturated carbocycles. The van der Waals surface area contributed by atoms with E-state index in [4.69, 9.17) is 4.74 Å². The fraction of sp³-hybridized carbons (Fsp3) is 0.462. The summed E-state index contributed by atoms with van der Waals surface area (Å²) in [6.07, 6.45) is 1.03. The maximum absolute atomic E-state index is 12.0. The topological polar surface area (TPSA) is 69.4 Å². The van der Waals surface area contributed by atoms with Crippen LogP contribution in [0.15, 0.2) is 24.3 Å². The first kappa shape index (κ1) is 14.2. The van der Waals surface area contributed by atoms with Crippen molar-refractivity contribution in [3.63, 3.8) is 0 Å². The van der Waals surface area contributed by atoms with Gasteiger partial charge in [-0.25, -0.2) is 0 Å². The average molecular weight is 251 g/mol. The van der Waals surface area contributed by atoms with Crippen molar-refractivity contribution >= 4 is 5.78 Å². The second-order valence-corrected chi connectivity index (χ2v) is 4.03. The van der Waals surface area contributed by atoms with Gasteiger partial charge in [-0.2, -0.15) is 0 Å². The SMILES string of the molecule is CCCC(=O)[C@@H](C[N+](=O)[O-])c1ccccc1OC. The van der Waals surface area contributed by atoms with Gasteiger partial charge in [-0.1, -0.05) is 25.1 Å². The molecule has 5 heteroatoms. The Morgan fingerprint density at radius 1 is 1.44 bits per heavy atom. The first-order chi connectivity index (χ1) is 8.60. The van der Waals surface area contributed by atoms with Gasteiger partial charge >= 0.3 is 0 Å². The molecule has 0 aromatic heterocycles. The molecule has 1 rings (SSSR count). The molecule has 0 unspecified atom stereocenters. The molecule has 98 valence electrons. The highest BCUT2D eigenvalue weighted by atomic mass is 16.6. The standard InChI is InChI=1S/C13H17NO4/c1-3-6-12(15)11(9-14(16)17)10-7-4-5-8-13(10)18-2/h4-5,7-8,11H,3,6,9H2,1-2H3/t11-/m0/s1. The number of hydrogen-bond acceptors (Lipinski definition) is 4. The average Bonchev–Trinajstić information content (AvgIpc) is 2.36. The molecular weight excluding hydrogens is 234 g/mol. The summed E-state index contributed by atoms with van der Waals surface area (Å²) in [6, 6.07) is 6.95. The Balaban J connectivity index is 3.08. The van der Waals surface area contributed by atoms with Gasteiger partial charge in [-0.05, 0) is 12.5 Å². The van der Waals surface area contributed by atoms with E-state index in [1.54, 1.807) is 24.3 Å². The van der Waals surface area contributed by atoms with Crippen molar-refractivity contribution < 1.29 is 14.5 Å². The molecule has 0 fully saturated rings. The molecule has 0 N–H and O–H groups in total. The molecule has 0 aliphatic rings. The molecule has 1 atom stereocenters. The number of carbonyl (C=O) groups excluding carboxylic acids is 1. The van der Waals surface area contributed by atoms with E-state index < -0.39 is 10.8 Å². The van der Waals surface area contributed by atoms with Gasteiger partial charge in [-0.3, -0.25) is 14.9 Å². The van der Waals surface area contributed by atoms with E-state index in [9.17, 15) is 14.9 Å². The molecule has 1 aromatic carbocycles. The fourth-order valence-corrected chi connectivity index (χ4v) is 1.90. The minimum Gasteiger partial charge on any atom is -0.496 e. The van der Waals surface area contributed by atoms with Crippen molar-refractivity contribution in [2.75, 3.05) is 13.7 Å². The number of para-hydroxylation sites is 1. The highest BCUT2D eigenvalue weighted by Crippen LogP contribution is 2.28. The van der Waals surface area contributed by atoms with E-state index in [-0.39, 0.29) is 12.3 Å². The largest absolute Gasteiger partial charge is 0.496 e. The normalized spacial score (nSPS) is 11.9. The third-order valence-corrected chi connectivity index (χ3v) is 2.73. The van der Waals surface area contributed by atoms with Gasteiger partial charge < -0.3 is 4.74 Å². The summed E-state index contributed by atoms with van der Waals surface area (Å²) in [5.41, 5.74) is 0.593. The lowest BCUT2D eigenvalue weighted by Gasteiger charge is -2.15. The van der Waals surface area contributed by atoms with Crippen LogP contribution in [0.5, 0.6) is 5.75 Å². The van der Waals surface area contributed by atoms with Crippen molar-refractivity contribution in [3.8, 4) is 5.75 Å². The van der Waals surface area contributed by atoms with Gasteiger partial charge in [0.1, 0.15) is 17.5 Å². The van der Waals surface area contributed by atoms with Crippen LogP contribution in [0.3, 0.4) is 0 Å². The van der Waals surface area contributed by atoms with Crippen molar-refractivity contribution in [1.82, 2.24) is 0 Å². The summed E-state index contributed by atoms with van der Waals surface area (Å²) in [5, 5.41) is 10.7. The molecule has 5 nitrogen and oxygen atoms in total. The van der Waals surface area contributed by atoms with Gasteiger partial charge in [0.2, 0.25) is 6.54 Å². The van der Waals surface area contributed by atoms with Crippen LogP contribution in [-0.2, 0) is 4.79 Å². The quantitative estimate of drug-likeness (QED) is 0.551. The van der Waals surface area contributed by atoms with Crippen LogP contribution in [0.4, 0.5) is 0 Å². The minimum absolute atomic E-state index is 0.112. The Morgan fingerprint density at radius 3 is 2.67 bits per heavy atom. The lowest BCUT2D eigenvalue weighted by Crippen LogP contribution is -2.21. The van der Waals surface area contributed by atoms with Crippen LogP contribution < -0.4 is 4.74 Å². The van der Waals surface area contributed by atoms with Crippen molar-refractivity contribution in [3.05, 3.63) is 39.9 Å². The zero-order valence-electron chi connectivity index (χ0n) is 10.6. The summed E-state index contributed by atoms with van der Waals surface area (Å²) in [6.45, 7) is 1.49. The van der Waals surface area contributed by atoms with Gasteiger partial charge in [0.25, 0.3) is 0 Å². The molecule has 0 spiro atoms. The molecule has 0 heterocycles. The molecule has 18 heavy (non-hydrogen) atoms. The summed E-state index contributed by atoms with van der Waals surface area (Å²) >= 11 is 0. The van der Waals surface area contributed by atoms with E-state index in [0.29, 0.717) is 24.2 Å². The molecule has 0 aliphatic carbocycles. The number of nitrogens with zero attached hydrogens (tertiary/aromatic N) is 1. The first-order valence-electron chi connectivity index (χ1n) is 5.87. The third-order valence-electron chi connectivity index (χ3n) is 2.73. The van der Waals surface area contributed by atoms with E-state index in [0.717, 1.165) is 0 Å². The molecular formula is C13H17NO4. The predicted octanol–water partition coefficient (Wildman–Crippen LogP) is 2.42. The Kier molecular flexibility index (Phi) is 5.30. The number of benzene rings is 1. The van der Waals surface area contributed by atoms with Crippen molar-refractivity contribution in [2.45, 2.75) is 25.7 Å². The second kappa shape index (κ2) is 6.74. The Hall–Kier alpha value is -1.91. The summed E-state index contributed by atoms with van der Waals surface area (Å²) in [7, 11) is 1.49. The predicted molar refractivity (Wildman–Crippen MR) is 67.5 cm³/mol. The second-order valence-electron chi connectivity index (χ2n) is 4.03. The third kappa shape index (κ3) is 3.55. The number of carbonyl (C=O) groups is 1. The number of hydrogen-bond donors (Lipinski definition) is 0. The highest BCUT2D eigenvalue weighted by molar-refractivity contribution is 5.86. The summed E-state index contributed by atoms with van der Waals surface area (Å²) in [4.78, 5) is 22.2. The number of nitro groups is 1. The van der Waals surface area contributed by atoms with Gasteiger partial charge in [0.15, 0.2) is 0 Å². The van der Waals surface area contributed by atoms with Crippen LogP contribution in [0.1, 0.15) is 31.2 Å². The van der Waals surface area contributed by atoms with Crippen molar-refractivity contribution in [1.29, 1.82) is 0 Å². The molecule has 0 aliphatic heterocycles. The number of methoxy groups -OCH3 is 1. The van der Waals surface area contributed by atoms with E-state index in [1.165, 1.54) is 7.11 Å². The van der Waals surface area contributed by atoms with Crippen molar-refractivity contribution in [2.24, 2.45) is 0 Å². The minimum atomic E-state index is -0.726. The number of rotatable bonds is 7. The van der Waals surface area contributed by atoms with Gasteiger partial charge in [0, 0.05) is 16.9 Å². The van der Waals surface area contributed by atoms with Crippen LogP contribution in [0.2, 0.25) is 0 Å². The smallest absolute Gasteiger partial charge is 0.217 e. The first-order valence-corrected chi connectivity index (χ1v) is 5.87. The Labute approximate surface area is 106 Å². The van der Waals surface area contributed by atoms with Crippen LogP contribution >= 0.6 is 0 Å². The Bertz CT molecular complexity index is 431. The molecule has 1 aromatic rings. The van der Waals surface area contributed by atoms with E-state index >= 15 is 0 Å². The van der Waals surface area contributed by atoms with Crippen LogP contribution in [-0.4, -0.2) is 24.4 Å². The van der Waals surface area contributed by atoms with Gasteiger partial charge in [0.05, 0.1) is 7.11 Å². The fourth-order valence-electron chi connectivity index (χ4n) is 1.90. The monoisotopic (exact) mass is 251 g/mol. The maximum Gasteiger partial charge on any atom is 0.217 e. The summed E-state index contributed by atoms with van der Waals surface area (Å²) in [5.74, 6) is -0.316. The molecule has 0 amide bonds. The molecule has 0 saturated heterocycles.